The van der Waals surface area contributed by atoms with Crippen molar-refractivity contribution in [2.24, 2.45) is 34.5 Å². The number of Topliss-reactive ketones (excluding diaryl/α,β-unsaturated/α-hetero) is 1. The second kappa shape index (κ2) is 5.50. The van der Waals surface area contributed by atoms with Crippen molar-refractivity contribution in [1.29, 1.82) is 0 Å². The number of aliphatic hydroxyl groups is 1. The summed E-state index contributed by atoms with van der Waals surface area (Å²) in [6, 6.07) is 0. The van der Waals surface area contributed by atoms with Gasteiger partial charge in [0, 0.05) is 23.2 Å². The van der Waals surface area contributed by atoms with Crippen LogP contribution in [0.15, 0.2) is 11.6 Å². The Balaban J connectivity index is 1.80. The van der Waals surface area contributed by atoms with Gasteiger partial charge in [-0.2, -0.15) is 0 Å². The molecular formula is C22H31FO3. The molecule has 3 fully saturated rings. The van der Waals surface area contributed by atoms with Gasteiger partial charge in [-0.3, -0.25) is 9.59 Å². The Morgan fingerprint density at radius 3 is 2.54 bits per heavy atom. The summed E-state index contributed by atoms with van der Waals surface area (Å²) < 4.78 is 16.9. The largest absolute Gasteiger partial charge is 0.390 e. The Hall–Kier alpha value is -1.03. The van der Waals surface area contributed by atoms with Crippen molar-refractivity contribution < 1.29 is 19.1 Å². The normalized spacial score (nSPS) is 53.4. The minimum Gasteiger partial charge on any atom is -0.390 e. The molecule has 0 spiro atoms. The number of halogens is 1. The van der Waals surface area contributed by atoms with E-state index in [1.165, 1.54) is 0 Å². The van der Waals surface area contributed by atoms with Crippen molar-refractivity contribution in [1.82, 2.24) is 0 Å². The maximum atomic E-state index is 16.9. The molecule has 4 heteroatoms. The number of alkyl halides is 1. The van der Waals surface area contributed by atoms with E-state index in [9.17, 15) is 14.7 Å². The summed E-state index contributed by atoms with van der Waals surface area (Å²) in [4.78, 5) is 24.4. The minimum atomic E-state index is -1.71. The van der Waals surface area contributed by atoms with Crippen LogP contribution in [0.1, 0.15) is 66.2 Å². The molecule has 0 bridgehead atoms. The lowest BCUT2D eigenvalue weighted by atomic mass is 9.43. The SMILES string of the molecule is CC(=O)[C@H]1CC[C@H]2[C@@H]3CCC4=CC(=O)[C@@H](C)C[C@]4(C)[C@@]3(F)[C@H](O)C[C@]12C. The lowest BCUT2D eigenvalue weighted by Crippen LogP contribution is -2.67. The number of aliphatic hydroxyl groups excluding tert-OH is 1. The molecule has 4 aliphatic carbocycles. The van der Waals surface area contributed by atoms with E-state index in [1.54, 1.807) is 13.0 Å². The molecule has 0 heterocycles. The molecule has 4 rings (SSSR count). The minimum absolute atomic E-state index is 0.0664. The zero-order chi connectivity index (χ0) is 19.1. The van der Waals surface area contributed by atoms with Crippen LogP contribution in [0.25, 0.3) is 0 Å². The van der Waals surface area contributed by atoms with Gasteiger partial charge in [-0.1, -0.05) is 26.3 Å². The molecule has 3 nitrogen and oxygen atoms in total. The monoisotopic (exact) mass is 362 g/mol. The molecule has 144 valence electrons. The first-order valence-electron chi connectivity index (χ1n) is 10.2. The van der Waals surface area contributed by atoms with Crippen molar-refractivity contribution in [3.8, 4) is 0 Å². The molecule has 0 aromatic rings. The van der Waals surface area contributed by atoms with Gasteiger partial charge in [-0.25, -0.2) is 4.39 Å². The highest BCUT2D eigenvalue weighted by molar-refractivity contribution is 5.93. The third-order valence-electron chi connectivity index (χ3n) is 8.84. The highest BCUT2D eigenvalue weighted by atomic mass is 19.1. The fourth-order valence-corrected chi connectivity index (χ4v) is 7.56. The van der Waals surface area contributed by atoms with E-state index < -0.39 is 17.2 Å². The molecule has 0 aliphatic heterocycles. The number of carbonyl (C=O) groups is 2. The maximum absolute atomic E-state index is 16.9. The molecular weight excluding hydrogens is 331 g/mol. The van der Waals surface area contributed by atoms with Crippen LogP contribution in [0, 0.1) is 34.5 Å². The predicted molar refractivity (Wildman–Crippen MR) is 97.2 cm³/mol. The molecule has 3 saturated carbocycles. The van der Waals surface area contributed by atoms with E-state index in [0.717, 1.165) is 24.8 Å². The Morgan fingerprint density at radius 2 is 1.88 bits per heavy atom. The highest BCUT2D eigenvalue weighted by Crippen LogP contribution is 2.69. The number of hydrogen-bond acceptors (Lipinski definition) is 3. The topological polar surface area (TPSA) is 54.4 Å². The van der Waals surface area contributed by atoms with Crippen LogP contribution in [-0.4, -0.2) is 28.4 Å². The van der Waals surface area contributed by atoms with Crippen LogP contribution in [0.5, 0.6) is 0 Å². The number of fused-ring (bicyclic) bond motifs is 5. The van der Waals surface area contributed by atoms with Crippen molar-refractivity contribution in [2.45, 2.75) is 78.0 Å². The fraction of sp³-hybridized carbons (Fsp3) is 0.818. The van der Waals surface area contributed by atoms with Crippen LogP contribution in [-0.2, 0) is 9.59 Å². The molecule has 0 radical (unpaired) electrons. The number of allylic oxidation sites excluding steroid dienone is 1. The Bertz CT molecular complexity index is 700. The van der Waals surface area contributed by atoms with Gasteiger partial charge in [0.2, 0.25) is 0 Å². The van der Waals surface area contributed by atoms with Crippen LogP contribution in [0.3, 0.4) is 0 Å². The van der Waals surface area contributed by atoms with Crippen molar-refractivity contribution >= 4 is 11.6 Å². The lowest BCUT2D eigenvalue weighted by molar-refractivity contribution is -0.210. The molecule has 4 aliphatic rings. The highest BCUT2D eigenvalue weighted by Gasteiger charge is 2.71. The van der Waals surface area contributed by atoms with Gasteiger partial charge in [0.15, 0.2) is 5.78 Å². The number of carbonyl (C=O) groups excluding carboxylic acids is 2. The zero-order valence-electron chi connectivity index (χ0n) is 16.3. The third-order valence-corrected chi connectivity index (χ3v) is 8.84. The maximum Gasteiger partial charge on any atom is 0.158 e. The van der Waals surface area contributed by atoms with Gasteiger partial charge in [-0.05, 0) is 62.9 Å². The number of rotatable bonds is 1. The number of ketones is 2. The molecule has 0 unspecified atom stereocenters. The first-order chi connectivity index (χ1) is 12.1. The van der Waals surface area contributed by atoms with Crippen LogP contribution in [0.4, 0.5) is 4.39 Å². The Labute approximate surface area is 155 Å². The average Bonchev–Trinajstić information content (AvgIpc) is 2.88. The van der Waals surface area contributed by atoms with Gasteiger partial charge >= 0.3 is 0 Å². The van der Waals surface area contributed by atoms with Gasteiger partial charge in [0.1, 0.15) is 11.5 Å². The summed E-state index contributed by atoms with van der Waals surface area (Å²) >= 11 is 0. The molecule has 8 atom stereocenters. The second-order valence-corrected chi connectivity index (χ2v) is 10.00. The van der Waals surface area contributed by atoms with Gasteiger partial charge < -0.3 is 5.11 Å². The molecule has 0 aromatic carbocycles. The summed E-state index contributed by atoms with van der Waals surface area (Å²) in [5.74, 6) is -0.105. The van der Waals surface area contributed by atoms with Gasteiger partial charge in [0.05, 0.1) is 6.10 Å². The first-order valence-corrected chi connectivity index (χ1v) is 10.2. The first kappa shape index (κ1) is 18.3. The van der Waals surface area contributed by atoms with Gasteiger partial charge in [-0.15, -0.1) is 0 Å². The summed E-state index contributed by atoms with van der Waals surface area (Å²) in [7, 11) is 0. The van der Waals surface area contributed by atoms with E-state index in [2.05, 4.69) is 6.92 Å². The summed E-state index contributed by atoms with van der Waals surface area (Å²) in [6.07, 6.45) is 4.48. The van der Waals surface area contributed by atoms with Crippen LogP contribution in [0.2, 0.25) is 0 Å². The van der Waals surface area contributed by atoms with Gasteiger partial charge in [0.25, 0.3) is 0 Å². The molecule has 0 amide bonds. The quantitative estimate of drug-likeness (QED) is 0.766. The smallest absolute Gasteiger partial charge is 0.158 e. The molecule has 1 N–H and O–H groups in total. The van der Waals surface area contributed by atoms with Crippen molar-refractivity contribution in [3.63, 3.8) is 0 Å². The molecule has 0 aromatic heterocycles. The average molecular weight is 362 g/mol. The molecule has 0 saturated heterocycles. The van der Waals surface area contributed by atoms with E-state index in [0.29, 0.717) is 19.3 Å². The van der Waals surface area contributed by atoms with E-state index >= 15 is 4.39 Å². The van der Waals surface area contributed by atoms with Crippen LogP contribution >= 0.6 is 0 Å². The fourth-order valence-electron chi connectivity index (χ4n) is 7.56. The van der Waals surface area contributed by atoms with Crippen molar-refractivity contribution in [3.05, 3.63) is 11.6 Å². The van der Waals surface area contributed by atoms with Crippen molar-refractivity contribution in [2.75, 3.05) is 0 Å². The standard InChI is InChI=1S/C22H31FO3/c1-12-10-21(4)14(9-18(12)25)5-6-17-16-8-7-15(13(2)24)20(16,3)11-19(26)22(17,21)23/h9,12,15-17,19,26H,5-8,10-11H2,1-4H3/t12-,15+,16-,17-,19+,20+,21-,22-/m0/s1. The lowest BCUT2D eigenvalue weighted by Gasteiger charge is -2.63. The summed E-state index contributed by atoms with van der Waals surface area (Å²) in [6.45, 7) is 7.53. The van der Waals surface area contributed by atoms with Crippen LogP contribution < -0.4 is 0 Å². The summed E-state index contributed by atoms with van der Waals surface area (Å²) in [5.41, 5.74) is -1.90. The number of hydrogen-bond donors (Lipinski definition) is 1. The third kappa shape index (κ3) is 2.03. The predicted octanol–water partition coefficient (Wildman–Crippen LogP) is 4.03. The zero-order valence-corrected chi connectivity index (χ0v) is 16.3. The van der Waals surface area contributed by atoms with E-state index in [-0.39, 0.29) is 40.7 Å². The van der Waals surface area contributed by atoms with E-state index in [1.807, 2.05) is 13.8 Å². The Kier molecular flexibility index (Phi) is 3.88. The second-order valence-electron chi connectivity index (χ2n) is 10.00. The molecule has 26 heavy (non-hydrogen) atoms. The summed E-state index contributed by atoms with van der Waals surface area (Å²) in [5, 5.41) is 11.1. The Morgan fingerprint density at radius 1 is 1.19 bits per heavy atom. The van der Waals surface area contributed by atoms with E-state index in [4.69, 9.17) is 0 Å².